The Morgan fingerprint density at radius 1 is 1.29 bits per heavy atom. The summed E-state index contributed by atoms with van der Waals surface area (Å²) in [6, 6.07) is 5.23. The molecule has 128 valence electrons. The van der Waals surface area contributed by atoms with Crippen LogP contribution in [0.25, 0.3) is 10.1 Å². The van der Waals surface area contributed by atoms with Crippen LogP contribution in [0.15, 0.2) is 18.2 Å². The SMILES string of the molecule is O=C(NCC1(C(=O)O)CCOCC1)c1sc2cc(Cl)ccc2c1Cl. The molecule has 5 nitrogen and oxygen atoms in total. The van der Waals surface area contributed by atoms with Gasteiger partial charge in [0.05, 0.1) is 10.4 Å². The highest BCUT2D eigenvalue weighted by Gasteiger charge is 2.40. The molecule has 1 aromatic heterocycles. The quantitative estimate of drug-likeness (QED) is 0.835. The van der Waals surface area contributed by atoms with E-state index >= 15 is 0 Å². The van der Waals surface area contributed by atoms with Crippen molar-refractivity contribution in [1.82, 2.24) is 5.32 Å². The number of carbonyl (C=O) groups is 2. The van der Waals surface area contributed by atoms with Gasteiger partial charge in [-0.3, -0.25) is 9.59 Å². The number of nitrogens with one attached hydrogen (secondary N) is 1. The summed E-state index contributed by atoms with van der Waals surface area (Å²) in [5.74, 6) is -1.29. The molecule has 0 spiro atoms. The van der Waals surface area contributed by atoms with E-state index in [2.05, 4.69) is 5.32 Å². The molecule has 0 atom stereocenters. The van der Waals surface area contributed by atoms with E-state index in [-0.39, 0.29) is 12.5 Å². The highest BCUT2D eigenvalue weighted by molar-refractivity contribution is 7.21. The van der Waals surface area contributed by atoms with Gasteiger partial charge in [-0.05, 0) is 25.0 Å². The Bertz CT molecular complexity index is 799. The third-order valence-electron chi connectivity index (χ3n) is 4.29. The molecule has 24 heavy (non-hydrogen) atoms. The molecule has 2 N–H and O–H groups in total. The minimum atomic E-state index is -0.986. The number of carboxylic acid groups (broad SMARTS) is 1. The standard InChI is InChI=1S/C16H15Cl2NO4S/c17-9-1-2-10-11(7-9)24-13(12(10)18)14(20)19-8-16(15(21)22)3-5-23-6-4-16/h1-2,7H,3-6,8H2,(H,19,20)(H,21,22). The summed E-state index contributed by atoms with van der Waals surface area (Å²) in [4.78, 5) is 24.5. The van der Waals surface area contributed by atoms with Crippen molar-refractivity contribution in [1.29, 1.82) is 0 Å². The predicted molar refractivity (Wildman–Crippen MR) is 94.3 cm³/mol. The van der Waals surface area contributed by atoms with Crippen LogP contribution < -0.4 is 5.32 Å². The maximum Gasteiger partial charge on any atom is 0.311 e. The number of hydrogen-bond acceptors (Lipinski definition) is 4. The van der Waals surface area contributed by atoms with Crippen molar-refractivity contribution < 1.29 is 19.4 Å². The highest BCUT2D eigenvalue weighted by atomic mass is 35.5. The summed E-state index contributed by atoms with van der Waals surface area (Å²) in [6.07, 6.45) is 0.747. The first-order chi connectivity index (χ1) is 11.4. The van der Waals surface area contributed by atoms with Gasteiger partial charge in [-0.2, -0.15) is 0 Å². The van der Waals surface area contributed by atoms with Crippen LogP contribution >= 0.6 is 34.5 Å². The van der Waals surface area contributed by atoms with E-state index in [0.717, 1.165) is 10.1 Å². The molecule has 0 saturated carbocycles. The molecule has 1 fully saturated rings. The summed E-state index contributed by atoms with van der Waals surface area (Å²) in [6.45, 7) is 0.810. The molecule has 0 unspecified atom stereocenters. The number of fused-ring (bicyclic) bond motifs is 1. The van der Waals surface area contributed by atoms with Gasteiger partial charge in [0.1, 0.15) is 4.88 Å². The van der Waals surface area contributed by atoms with E-state index in [9.17, 15) is 14.7 Å². The maximum atomic E-state index is 12.5. The fraction of sp³-hybridized carbons (Fsp3) is 0.375. The number of thiophene rings is 1. The molecule has 2 heterocycles. The predicted octanol–water partition coefficient (Wildman–Crippen LogP) is 3.82. The number of aliphatic carboxylic acids is 1. The van der Waals surface area contributed by atoms with Crippen LogP contribution in [-0.4, -0.2) is 36.7 Å². The van der Waals surface area contributed by atoms with Crippen molar-refractivity contribution in [3.63, 3.8) is 0 Å². The molecule has 8 heteroatoms. The van der Waals surface area contributed by atoms with Gasteiger partial charge >= 0.3 is 5.97 Å². The molecule has 1 aliphatic heterocycles. The third-order valence-corrected chi connectivity index (χ3v) is 6.18. The number of halogens is 2. The van der Waals surface area contributed by atoms with E-state index in [4.69, 9.17) is 27.9 Å². The van der Waals surface area contributed by atoms with Crippen molar-refractivity contribution in [2.75, 3.05) is 19.8 Å². The van der Waals surface area contributed by atoms with Gasteiger partial charge in [-0.15, -0.1) is 11.3 Å². The summed E-state index contributed by atoms with van der Waals surface area (Å²) in [5, 5.41) is 13.9. The van der Waals surface area contributed by atoms with E-state index in [1.54, 1.807) is 18.2 Å². The Morgan fingerprint density at radius 2 is 2.00 bits per heavy atom. The average Bonchev–Trinajstić information content (AvgIpc) is 2.89. The smallest absolute Gasteiger partial charge is 0.311 e. The van der Waals surface area contributed by atoms with E-state index in [1.165, 1.54) is 11.3 Å². The zero-order chi connectivity index (χ0) is 17.3. The van der Waals surface area contributed by atoms with Gasteiger partial charge in [0.2, 0.25) is 0 Å². The molecule has 0 radical (unpaired) electrons. The third kappa shape index (κ3) is 3.24. The Morgan fingerprint density at radius 3 is 2.67 bits per heavy atom. The Hall–Kier alpha value is -1.34. The van der Waals surface area contributed by atoms with Gasteiger partial charge < -0.3 is 15.2 Å². The monoisotopic (exact) mass is 387 g/mol. The van der Waals surface area contributed by atoms with Crippen LogP contribution in [0.1, 0.15) is 22.5 Å². The molecular weight excluding hydrogens is 373 g/mol. The van der Waals surface area contributed by atoms with E-state index in [1.807, 2.05) is 0 Å². The Kier molecular flexibility index (Phi) is 5.01. The summed E-state index contributed by atoms with van der Waals surface area (Å²) < 4.78 is 6.05. The lowest BCUT2D eigenvalue weighted by atomic mass is 9.80. The number of hydrogen-bond donors (Lipinski definition) is 2. The first kappa shape index (κ1) is 17.5. The minimum Gasteiger partial charge on any atom is -0.481 e. The fourth-order valence-corrected chi connectivity index (χ4v) is 4.45. The second-order valence-electron chi connectivity index (χ2n) is 5.77. The normalized spacial score (nSPS) is 16.9. The lowest BCUT2D eigenvalue weighted by Gasteiger charge is -2.33. The lowest BCUT2D eigenvalue weighted by molar-refractivity contribution is -0.154. The molecular formula is C16H15Cl2NO4S. The zero-order valence-electron chi connectivity index (χ0n) is 12.6. The van der Waals surface area contributed by atoms with Crippen molar-refractivity contribution in [3.05, 3.63) is 33.1 Å². The summed E-state index contributed by atoms with van der Waals surface area (Å²) in [7, 11) is 0. The van der Waals surface area contributed by atoms with Gasteiger partial charge in [0, 0.05) is 34.9 Å². The number of amides is 1. The van der Waals surface area contributed by atoms with Gasteiger partial charge in [-0.1, -0.05) is 29.3 Å². The zero-order valence-corrected chi connectivity index (χ0v) is 14.9. The second-order valence-corrected chi connectivity index (χ2v) is 7.63. The molecule has 1 aliphatic rings. The Balaban J connectivity index is 1.80. The van der Waals surface area contributed by atoms with E-state index in [0.29, 0.717) is 41.0 Å². The number of ether oxygens (including phenoxy) is 1. The molecule has 1 aromatic carbocycles. The van der Waals surface area contributed by atoms with Crippen molar-refractivity contribution in [2.24, 2.45) is 5.41 Å². The molecule has 0 aliphatic carbocycles. The first-order valence-electron chi connectivity index (χ1n) is 7.40. The second kappa shape index (κ2) is 6.88. The number of carboxylic acids is 1. The summed E-state index contributed by atoms with van der Waals surface area (Å²) in [5.41, 5.74) is -0.986. The van der Waals surface area contributed by atoms with Crippen LogP contribution in [0, 0.1) is 5.41 Å². The maximum absolute atomic E-state index is 12.5. The topological polar surface area (TPSA) is 75.6 Å². The van der Waals surface area contributed by atoms with Crippen LogP contribution in [0.3, 0.4) is 0 Å². The van der Waals surface area contributed by atoms with Gasteiger partial charge in [0.25, 0.3) is 5.91 Å². The minimum absolute atomic E-state index is 0.0514. The number of benzene rings is 1. The largest absolute Gasteiger partial charge is 0.481 e. The first-order valence-corrected chi connectivity index (χ1v) is 8.97. The van der Waals surface area contributed by atoms with Crippen LogP contribution in [0.4, 0.5) is 0 Å². The number of carbonyl (C=O) groups excluding carboxylic acids is 1. The molecule has 3 rings (SSSR count). The van der Waals surface area contributed by atoms with Crippen molar-refractivity contribution >= 4 is 56.5 Å². The number of rotatable bonds is 4. The van der Waals surface area contributed by atoms with Crippen molar-refractivity contribution in [2.45, 2.75) is 12.8 Å². The molecule has 0 bridgehead atoms. The summed E-state index contributed by atoms with van der Waals surface area (Å²) >= 11 is 13.5. The van der Waals surface area contributed by atoms with Crippen LogP contribution in [-0.2, 0) is 9.53 Å². The van der Waals surface area contributed by atoms with Crippen LogP contribution in [0.5, 0.6) is 0 Å². The van der Waals surface area contributed by atoms with Crippen molar-refractivity contribution in [3.8, 4) is 0 Å². The van der Waals surface area contributed by atoms with E-state index < -0.39 is 11.4 Å². The molecule has 2 aromatic rings. The van der Waals surface area contributed by atoms with Gasteiger partial charge in [0.15, 0.2) is 0 Å². The van der Waals surface area contributed by atoms with Crippen LogP contribution in [0.2, 0.25) is 10.0 Å². The lowest BCUT2D eigenvalue weighted by Crippen LogP contribution is -2.46. The molecule has 1 amide bonds. The Labute approximate surface area is 152 Å². The highest BCUT2D eigenvalue weighted by Crippen LogP contribution is 2.37. The molecule has 1 saturated heterocycles. The van der Waals surface area contributed by atoms with Gasteiger partial charge in [-0.25, -0.2) is 0 Å². The fourth-order valence-electron chi connectivity index (χ4n) is 2.74. The average molecular weight is 388 g/mol.